The minimum atomic E-state index is -0.391. The van der Waals surface area contributed by atoms with Crippen LogP contribution in [0.5, 0.6) is 0 Å². The molecule has 1 heterocycles. The molecule has 116 valence electrons. The van der Waals surface area contributed by atoms with Crippen molar-refractivity contribution in [2.75, 3.05) is 6.54 Å². The number of likely N-dealkylation sites (tertiary alicyclic amines) is 1. The summed E-state index contributed by atoms with van der Waals surface area (Å²) in [5.74, 6) is 0. The molecular weight excluding hydrogens is 262 g/mol. The van der Waals surface area contributed by atoms with Crippen molar-refractivity contribution >= 4 is 0 Å². The van der Waals surface area contributed by atoms with E-state index in [-0.39, 0.29) is 6.10 Å². The van der Waals surface area contributed by atoms with Crippen LogP contribution in [0.15, 0.2) is 30.3 Å². The number of rotatable bonds is 4. The van der Waals surface area contributed by atoms with Crippen molar-refractivity contribution in [2.24, 2.45) is 0 Å². The zero-order chi connectivity index (χ0) is 14.7. The van der Waals surface area contributed by atoms with E-state index in [0.717, 1.165) is 44.2 Å². The molecule has 0 aromatic heterocycles. The van der Waals surface area contributed by atoms with Gasteiger partial charge in [0, 0.05) is 12.1 Å². The molecule has 1 saturated carbocycles. The average molecular weight is 289 g/mol. The van der Waals surface area contributed by atoms with Gasteiger partial charge in [-0.05, 0) is 44.2 Å². The predicted octanol–water partition coefficient (Wildman–Crippen LogP) is 2.88. The quantitative estimate of drug-likeness (QED) is 0.896. The van der Waals surface area contributed by atoms with Crippen molar-refractivity contribution in [3.63, 3.8) is 0 Å². The Kier molecular flexibility index (Phi) is 4.94. The summed E-state index contributed by atoms with van der Waals surface area (Å²) in [4.78, 5) is 2.48. The van der Waals surface area contributed by atoms with Crippen LogP contribution in [0, 0.1) is 0 Å². The largest absolute Gasteiger partial charge is 0.391 e. The summed E-state index contributed by atoms with van der Waals surface area (Å²) in [6, 6.07) is 10.7. The Morgan fingerprint density at radius 2 is 1.81 bits per heavy atom. The Balaban J connectivity index is 1.64. The molecule has 1 aromatic rings. The molecule has 2 N–H and O–H groups in total. The van der Waals surface area contributed by atoms with E-state index in [2.05, 4.69) is 4.90 Å². The summed E-state index contributed by atoms with van der Waals surface area (Å²) in [5, 5.41) is 20.8. The van der Waals surface area contributed by atoms with Crippen molar-refractivity contribution in [3.05, 3.63) is 35.9 Å². The van der Waals surface area contributed by atoms with Crippen molar-refractivity contribution in [2.45, 2.75) is 69.2 Å². The molecule has 0 amide bonds. The average Bonchev–Trinajstić information content (AvgIpc) is 2.96. The lowest BCUT2D eigenvalue weighted by atomic mass is 9.90. The van der Waals surface area contributed by atoms with E-state index in [9.17, 15) is 10.2 Å². The summed E-state index contributed by atoms with van der Waals surface area (Å²) in [7, 11) is 0. The third-order valence-corrected chi connectivity index (χ3v) is 5.22. The van der Waals surface area contributed by atoms with Gasteiger partial charge in [0.1, 0.15) is 0 Å². The minimum Gasteiger partial charge on any atom is -0.391 e. The molecule has 1 aliphatic heterocycles. The first-order chi connectivity index (χ1) is 10.3. The van der Waals surface area contributed by atoms with Crippen LogP contribution in [-0.4, -0.2) is 39.8 Å². The Morgan fingerprint density at radius 1 is 1.05 bits per heavy atom. The molecule has 1 aromatic carbocycles. The third-order valence-electron chi connectivity index (χ3n) is 5.22. The van der Waals surface area contributed by atoms with Gasteiger partial charge in [-0.25, -0.2) is 0 Å². The van der Waals surface area contributed by atoms with E-state index in [1.807, 2.05) is 30.3 Å². The molecule has 4 unspecified atom stereocenters. The summed E-state index contributed by atoms with van der Waals surface area (Å²) in [6.45, 7) is 1.08. The number of hydrogen-bond acceptors (Lipinski definition) is 3. The molecule has 2 aliphatic rings. The van der Waals surface area contributed by atoms with E-state index in [0.29, 0.717) is 12.1 Å². The summed E-state index contributed by atoms with van der Waals surface area (Å²) in [6.07, 6.45) is 6.99. The maximum atomic E-state index is 10.5. The highest BCUT2D eigenvalue weighted by Crippen LogP contribution is 2.33. The van der Waals surface area contributed by atoms with Gasteiger partial charge < -0.3 is 10.2 Å². The SMILES string of the molecule is OC(CC1CCCN1C1CCCCC1O)c1ccccc1. The first-order valence-electron chi connectivity index (χ1n) is 8.42. The molecule has 0 bridgehead atoms. The van der Waals surface area contributed by atoms with Crippen LogP contribution < -0.4 is 0 Å². The molecule has 0 spiro atoms. The molecular formula is C18H27NO2. The molecule has 21 heavy (non-hydrogen) atoms. The fourth-order valence-corrected chi connectivity index (χ4v) is 4.10. The van der Waals surface area contributed by atoms with Gasteiger partial charge in [-0.1, -0.05) is 43.2 Å². The zero-order valence-corrected chi connectivity index (χ0v) is 12.7. The van der Waals surface area contributed by atoms with E-state index in [4.69, 9.17) is 0 Å². The van der Waals surface area contributed by atoms with E-state index >= 15 is 0 Å². The fraction of sp³-hybridized carbons (Fsp3) is 0.667. The lowest BCUT2D eigenvalue weighted by Gasteiger charge is -2.39. The van der Waals surface area contributed by atoms with Crippen molar-refractivity contribution in [1.29, 1.82) is 0 Å². The predicted molar refractivity (Wildman–Crippen MR) is 84.0 cm³/mol. The Hall–Kier alpha value is -0.900. The zero-order valence-electron chi connectivity index (χ0n) is 12.7. The second-order valence-electron chi connectivity index (χ2n) is 6.62. The highest BCUT2D eigenvalue weighted by molar-refractivity contribution is 5.17. The number of aliphatic hydroxyl groups is 2. The Bertz CT molecular complexity index is 436. The first kappa shape index (κ1) is 15.0. The number of nitrogens with zero attached hydrogens (tertiary/aromatic N) is 1. The van der Waals surface area contributed by atoms with Gasteiger partial charge in [-0.2, -0.15) is 0 Å². The highest BCUT2D eigenvalue weighted by atomic mass is 16.3. The molecule has 1 saturated heterocycles. The Morgan fingerprint density at radius 3 is 2.57 bits per heavy atom. The lowest BCUT2D eigenvalue weighted by Crippen LogP contribution is -2.48. The molecule has 1 aliphatic carbocycles. The van der Waals surface area contributed by atoms with Crippen LogP contribution in [0.3, 0.4) is 0 Å². The van der Waals surface area contributed by atoms with Gasteiger partial charge in [-0.15, -0.1) is 0 Å². The normalized spacial score (nSPS) is 32.2. The first-order valence-corrected chi connectivity index (χ1v) is 8.42. The topological polar surface area (TPSA) is 43.7 Å². The van der Waals surface area contributed by atoms with Gasteiger partial charge >= 0.3 is 0 Å². The van der Waals surface area contributed by atoms with Crippen molar-refractivity contribution < 1.29 is 10.2 Å². The smallest absolute Gasteiger partial charge is 0.0805 e. The summed E-state index contributed by atoms with van der Waals surface area (Å²) < 4.78 is 0. The van der Waals surface area contributed by atoms with Crippen LogP contribution in [0.4, 0.5) is 0 Å². The minimum absolute atomic E-state index is 0.173. The highest BCUT2D eigenvalue weighted by Gasteiger charge is 2.36. The summed E-state index contributed by atoms with van der Waals surface area (Å²) >= 11 is 0. The maximum Gasteiger partial charge on any atom is 0.0805 e. The van der Waals surface area contributed by atoms with Gasteiger partial charge in [0.25, 0.3) is 0 Å². The molecule has 3 nitrogen and oxygen atoms in total. The molecule has 2 fully saturated rings. The molecule has 3 heteroatoms. The van der Waals surface area contributed by atoms with E-state index in [1.165, 1.54) is 12.8 Å². The van der Waals surface area contributed by atoms with E-state index in [1.54, 1.807) is 0 Å². The van der Waals surface area contributed by atoms with Crippen LogP contribution in [0.1, 0.15) is 56.6 Å². The molecule has 3 rings (SSSR count). The van der Waals surface area contributed by atoms with Crippen molar-refractivity contribution in [3.8, 4) is 0 Å². The van der Waals surface area contributed by atoms with Gasteiger partial charge in [0.05, 0.1) is 12.2 Å². The maximum absolute atomic E-state index is 10.5. The third kappa shape index (κ3) is 3.47. The summed E-state index contributed by atoms with van der Waals surface area (Å²) in [5.41, 5.74) is 1.01. The standard InChI is InChI=1S/C18H27NO2/c20-17-11-5-4-10-16(17)19-12-6-9-15(19)13-18(21)14-7-2-1-3-8-14/h1-3,7-8,15-18,20-21H,4-6,9-13H2. The second kappa shape index (κ2) is 6.91. The fourth-order valence-electron chi connectivity index (χ4n) is 4.10. The van der Waals surface area contributed by atoms with E-state index < -0.39 is 6.10 Å². The van der Waals surface area contributed by atoms with Gasteiger partial charge in [-0.3, -0.25) is 4.90 Å². The van der Waals surface area contributed by atoms with Crippen LogP contribution in [0.25, 0.3) is 0 Å². The van der Waals surface area contributed by atoms with Crippen LogP contribution >= 0.6 is 0 Å². The van der Waals surface area contributed by atoms with Gasteiger partial charge in [0.2, 0.25) is 0 Å². The molecule has 0 radical (unpaired) electrons. The van der Waals surface area contributed by atoms with Gasteiger partial charge in [0.15, 0.2) is 0 Å². The monoisotopic (exact) mass is 289 g/mol. The van der Waals surface area contributed by atoms with Crippen LogP contribution in [-0.2, 0) is 0 Å². The van der Waals surface area contributed by atoms with Crippen LogP contribution in [0.2, 0.25) is 0 Å². The number of aliphatic hydroxyl groups excluding tert-OH is 2. The lowest BCUT2D eigenvalue weighted by molar-refractivity contribution is 0.00283. The van der Waals surface area contributed by atoms with Crippen molar-refractivity contribution in [1.82, 2.24) is 4.90 Å². The number of hydrogen-bond donors (Lipinski definition) is 2. The number of benzene rings is 1. The second-order valence-corrected chi connectivity index (χ2v) is 6.62. The Labute approximate surface area is 127 Å². The molecule has 4 atom stereocenters.